The molecule has 3 nitrogen and oxygen atoms in total. The lowest BCUT2D eigenvalue weighted by Crippen LogP contribution is -1.99. The summed E-state index contributed by atoms with van der Waals surface area (Å²) in [7, 11) is 0. The standard InChI is InChI=1S/C6H7N3/c1-3-6-7-5-8-9(6)4-2/h1,5H,4H2,2H3. The largest absolute Gasteiger partial charge is 0.239 e. The minimum absolute atomic E-state index is 0.595. The molecule has 0 saturated heterocycles. The predicted octanol–water partition coefficient (Wildman–Crippen LogP) is 0.279. The van der Waals surface area contributed by atoms with Crippen molar-refractivity contribution in [3.63, 3.8) is 0 Å². The first-order valence-corrected chi connectivity index (χ1v) is 2.73. The molecule has 0 N–H and O–H groups in total. The summed E-state index contributed by atoms with van der Waals surface area (Å²) in [5, 5.41) is 3.87. The molecule has 9 heavy (non-hydrogen) atoms. The summed E-state index contributed by atoms with van der Waals surface area (Å²) in [6.07, 6.45) is 6.55. The van der Waals surface area contributed by atoms with Crippen LogP contribution < -0.4 is 0 Å². The van der Waals surface area contributed by atoms with E-state index in [0.717, 1.165) is 6.54 Å². The van der Waals surface area contributed by atoms with Crippen molar-refractivity contribution in [2.24, 2.45) is 0 Å². The average molecular weight is 121 g/mol. The molecule has 0 radical (unpaired) electrons. The predicted molar refractivity (Wildman–Crippen MR) is 33.6 cm³/mol. The van der Waals surface area contributed by atoms with Crippen molar-refractivity contribution in [1.29, 1.82) is 0 Å². The van der Waals surface area contributed by atoms with Crippen molar-refractivity contribution in [2.45, 2.75) is 13.5 Å². The van der Waals surface area contributed by atoms with Gasteiger partial charge in [0.05, 0.1) is 0 Å². The Hall–Kier alpha value is -1.30. The molecule has 0 aliphatic carbocycles. The number of terminal acetylenes is 1. The van der Waals surface area contributed by atoms with Gasteiger partial charge in [-0.05, 0) is 12.8 Å². The molecule has 46 valence electrons. The first-order chi connectivity index (χ1) is 4.38. The van der Waals surface area contributed by atoms with Gasteiger partial charge in [-0.15, -0.1) is 6.42 Å². The van der Waals surface area contributed by atoms with E-state index >= 15 is 0 Å². The topological polar surface area (TPSA) is 30.7 Å². The fourth-order valence-electron chi connectivity index (χ4n) is 0.607. The molecule has 0 aliphatic heterocycles. The van der Waals surface area contributed by atoms with Gasteiger partial charge in [0, 0.05) is 6.54 Å². The molecule has 0 saturated carbocycles. The van der Waals surface area contributed by atoms with Gasteiger partial charge in [-0.25, -0.2) is 9.67 Å². The van der Waals surface area contributed by atoms with Crippen molar-refractivity contribution in [2.75, 3.05) is 0 Å². The fraction of sp³-hybridized carbons (Fsp3) is 0.333. The van der Waals surface area contributed by atoms with Crippen LogP contribution in [-0.2, 0) is 6.54 Å². The van der Waals surface area contributed by atoms with Crippen LogP contribution in [0.25, 0.3) is 0 Å². The Bertz CT molecular complexity index is 231. The third kappa shape index (κ3) is 0.918. The van der Waals surface area contributed by atoms with E-state index in [2.05, 4.69) is 16.0 Å². The van der Waals surface area contributed by atoms with Crippen molar-refractivity contribution < 1.29 is 0 Å². The summed E-state index contributed by atoms with van der Waals surface area (Å²) in [5.41, 5.74) is 0. The molecule has 0 aliphatic rings. The summed E-state index contributed by atoms with van der Waals surface area (Å²) in [6, 6.07) is 0. The van der Waals surface area contributed by atoms with Gasteiger partial charge >= 0.3 is 0 Å². The van der Waals surface area contributed by atoms with E-state index in [1.807, 2.05) is 6.92 Å². The molecule has 0 aromatic carbocycles. The Morgan fingerprint density at radius 2 is 2.67 bits per heavy atom. The molecule has 0 bridgehead atoms. The van der Waals surface area contributed by atoms with Crippen LogP contribution in [0.2, 0.25) is 0 Å². The van der Waals surface area contributed by atoms with Gasteiger partial charge in [0.2, 0.25) is 5.82 Å². The zero-order valence-electron chi connectivity index (χ0n) is 5.20. The smallest absolute Gasteiger partial charge is 0.203 e. The molecule has 0 unspecified atom stereocenters. The van der Waals surface area contributed by atoms with E-state index < -0.39 is 0 Å². The lowest BCUT2D eigenvalue weighted by molar-refractivity contribution is 0.650. The van der Waals surface area contributed by atoms with E-state index in [1.54, 1.807) is 4.68 Å². The molecule has 1 aromatic rings. The lowest BCUT2D eigenvalue weighted by atomic mass is 10.6. The molecule has 1 heterocycles. The molecule has 0 amide bonds. The number of aromatic nitrogens is 3. The fourth-order valence-corrected chi connectivity index (χ4v) is 0.607. The molecule has 0 fully saturated rings. The van der Waals surface area contributed by atoms with E-state index in [-0.39, 0.29) is 0 Å². The van der Waals surface area contributed by atoms with Crippen LogP contribution in [0.15, 0.2) is 6.33 Å². The molecular weight excluding hydrogens is 114 g/mol. The Labute approximate surface area is 53.7 Å². The average Bonchev–Trinajstić information content (AvgIpc) is 2.33. The first kappa shape index (κ1) is 5.83. The number of rotatable bonds is 1. The first-order valence-electron chi connectivity index (χ1n) is 2.73. The Balaban J connectivity index is 3.02. The summed E-state index contributed by atoms with van der Waals surface area (Å²) < 4.78 is 1.67. The zero-order valence-corrected chi connectivity index (χ0v) is 5.20. The van der Waals surface area contributed by atoms with Gasteiger partial charge in [0.15, 0.2) is 0 Å². The number of hydrogen-bond acceptors (Lipinski definition) is 2. The van der Waals surface area contributed by atoms with Gasteiger partial charge in [-0.1, -0.05) is 0 Å². The number of hydrogen-bond donors (Lipinski definition) is 0. The van der Waals surface area contributed by atoms with E-state index in [0.29, 0.717) is 5.82 Å². The number of aryl methyl sites for hydroxylation is 1. The second-order valence-electron chi connectivity index (χ2n) is 1.54. The van der Waals surface area contributed by atoms with Gasteiger partial charge in [-0.3, -0.25) is 0 Å². The minimum Gasteiger partial charge on any atom is -0.239 e. The van der Waals surface area contributed by atoms with Crippen molar-refractivity contribution in [3.05, 3.63) is 12.2 Å². The van der Waals surface area contributed by atoms with Crippen LogP contribution in [0.4, 0.5) is 0 Å². The number of nitrogens with zero attached hydrogens (tertiary/aromatic N) is 3. The zero-order chi connectivity index (χ0) is 6.69. The van der Waals surface area contributed by atoms with Crippen LogP contribution in [0, 0.1) is 12.3 Å². The Morgan fingerprint density at radius 1 is 1.89 bits per heavy atom. The molecule has 0 atom stereocenters. The van der Waals surface area contributed by atoms with Crippen LogP contribution in [-0.4, -0.2) is 14.8 Å². The second kappa shape index (κ2) is 2.31. The normalized spacial score (nSPS) is 8.89. The van der Waals surface area contributed by atoms with Crippen molar-refractivity contribution in [1.82, 2.24) is 14.8 Å². The SMILES string of the molecule is C#Cc1ncnn1CC. The van der Waals surface area contributed by atoms with E-state index in [9.17, 15) is 0 Å². The van der Waals surface area contributed by atoms with E-state index in [1.165, 1.54) is 6.33 Å². The van der Waals surface area contributed by atoms with Gasteiger partial charge in [0.25, 0.3) is 0 Å². The highest BCUT2D eigenvalue weighted by Gasteiger charge is 1.94. The Kier molecular flexibility index (Phi) is 1.50. The van der Waals surface area contributed by atoms with Gasteiger partial charge in [-0.2, -0.15) is 5.10 Å². The maximum atomic E-state index is 5.10. The highest BCUT2D eigenvalue weighted by molar-refractivity contribution is 5.13. The molecule has 1 aromatic heterocycles. The second-order valence-corrected chi connectivity index (χ2v) is 1.54. The van der Waals surface area contributed by atoms with Crippen molar-refractivity contribution >= 4 is 0 Å². The quantitative estimate of drug-likeness (QED) is 0.499. The van der Waals surface area contributed by atoms with Crippen molar-refractivity contribution in [3.8, 4) is 12.3 Å². The summed E-state index contributed by atoms with van der Waals surface area (Å²) in [5.74, 6) is 3.01. The monoisotopic (exact) mass is 121 g/mol. The molecule has 1 rings (SSSR count). The lowest BCUT2D eigenvalue weighted by Gasteiger charge is -1.91. The van der Waals surface area contributed by atoms with Crippen LogP contribution in [0.3, 0.4) is 0 Å². The minimum atomic E-state index is 0.595. The maximum Gasteiger partial charge on any atom is 0.203 e. The van der Waals surface area contributed by atoms with Crippen LogP contribution in [0.1, 0.15) is 12.7 Å². The van der Waals surface area contributed by atoms with Gasteiger partial charge in [0.1, 0.15) is 6.33 Å². The summed E-state index contributed by atoms with van der Waals surface area (Å²) >= 11 is 0. The maximum absolute atomic E-state index is 5.10. The Morgan fingerprint density at radius 3 is 3.11 bits per heavy atom. The summed E-state index contributed by atoms with van der Waals surface area (Å²) in [4.78, 5) is 3.82. The molecule has 0 spiro atoms. The van der Waals surface area contributed by atoms with E-state index in [4.69, 9.17) is 6.42 Å². The molecule has 3 heteroatoms. The highest BCUT2D eigenvalue weighted by atomic mass is 15.3. The highest BCUT2D eigenvalue weighted by Crippen LogP contribution is 1.88. The van der Waals surface area contributed by atoms with Crippen LogP contribution >= 0.6 is 0 Å². The third-order valence-electron chi connectivity index (χ3n) is 1.04. The summed E-state index contributed by atoms with van der Waals surface area (Å²) in [6.45, 7) is 2.75. The van der Waals surface area contributed by atoms with Crippen LogP contribution in [0.5, 0.6) is 0 Å². The third-order valence-corrected chi connectivity index (χ3v) is 1.04. The molecular formula is C6H7N3. The van der Waals surface area contributed by atoms with Gasteiger partial charge < -0.3 is 0 Å².